The Bertz CT molecular complexity index is 530. The lowest BCUT2D eigenvalue weighted by Gasteiger charge is -2.20. The van der Waals surface area contributed by atoms with E-state index in [0.717, 1.165) is 17.9 Å². The summed E-state index contributed by atoms with van der Waals surface area (Å²) in [5.74, 6) is 0. The number of nitrogens with one attached hydrogen (secondary N) is 1. The third kappa shape index (κ3) is 3.82. The van der Waals surface area contributed by atoms with Crippen molar-refractivity contribution >= 4 is 11.6 Å². The van der Waals surface area contributed by atoms with Crippen LogP contribution >= 0.6 is 11.6 Å². The predicted octanol–water partition coefficient (Wildman–Crippen LogP) is 3.72. The normalized spacial score (nSPS) is 11.8. The highest BCUT2D eigenvalue weighted by Gasteiger charge is 2.08. The van der Waals surface area contributed by atoms with E-state index >= 15 is 0 Å². The van der Waals surface area contributed by atoms with Gasteiger partial charge in [-0.3, -0.25) is 0 Å². The van der Waals surface area contributed by atoms with Crippen molar-refractivity contribution in [2.24, 2.45) is 0 Å². The molecule has 0 atom stereocenters. The van der Waals surface area contributed by atoms with Crippen molar-refractivity contribution < 1.29 is 0 Å². The Hall–Kier alpha value is -1.32. The molecule has 0 fully saturated rings. The van der Waals surface area contributed by atoms with Gasteiger partial charge in [0.25, 0.3) is 0 Å². The number of hydrogen-bond acceptors (Lipinski definition) is 2. The van der Waals surface area contributed by atoms with Crippen LogP contribution in [-0.4, -0.2) is 15.3 Å². The molecule has 1 aromatic carbocycles. The van der Waals surface area contributed by atoms with E-state index < -0.39 is 0 Å². The Kier molecular flexibility index (Phi) is 3.97. The number of hydrogen-bond donors (Lipinski definition) is 1. The molecule has 3 nitrogen and oxygen atoms in total. The summed E-state index contributed by atoms with van der Waals surface area (Å²) in [5.41, 5.74) is 3.26. The first kappa shape index (κ1) is 14.1. The van der Waals surface area contributed by atoms with Gasteiger partial charge in [0.2, 0.25) is 0 Å². The lowest BCUT2D eigenvalue weighted by molar-refractivity contribution is 0.424. The standard InChI is InChI=1S/C15H20ClN3/c1-11-14(16)10-19(18-11)13-7-5-12(6-8-13)9-17-15(2,3)4/h5-8,10,17H,9H2,1-4H3. The molecule has 0 saturated carbocycles. The highest BCUT2D eigenvalue weighted by atomic mass is 35.5. The maximum absolute atomic E-state index is 6.02. The Labute approximate surface area is 119 Å². The molecule has 0 aliphatic rings. The van der Waals surface area contributed by atoms with Crippen LogP contribution in [0.1, 0.15) is 32.0 Å². The van der Waals surface area contributed by atoms with Crippen LogP contribution in [0.3, 0.4) is 0 Å². The van der Waals surface area contributed by atoms with Crippen LogP contribution in [0.5, 0.6) is 0 Å². The molecule has 0 spiro atoms. The van der Waals surface area contributed by atoms with E-state index in [0.29, 0.717) is 5.02 Å². The number of halogens is 1. The average Bonchev–Trinajstić information content (AvgIpc) is 2.67. The van der Waals surface area contributed by atoms with Crippen LogP contribution in [0.25, 0.3) is 5.69 Å². The average molecular weight is 278 g/mol. The maximum atomic E-state index is 6.02. The van der Waals surface area contributed by atoms with E-state index in [1.807, 2.05) is 13.1 Å². The zero-order valence-corrected chi connectivity index (χ0v) is 12.6. The van der Waals surface area contributed by atoms with Gasteiger partial charge in [0.1, 0.15) is 0 Å². The Morgan fingerprint density at radius 1 is 1.21 bits per heavy atom. The van der Waals surface area contributed by atoms with Gasteiger partial charge < -0.3 is 5.32 Å². The molecule has 2 aromatic rings. The van der Waals surface area contributed by atoms with Crippen molar-refractivity contribution in [2.45, 2.75) is 39.8 Å². The molecular weight excluding hydrogens is 258 g/mol. The van der Waals surface area contributed by atoms with Gasteiger partial charge in [-0.1, -0.05) is 23.7 Å². The molecule has 1 N–H and O–H groups in total. The summed E-state index contributed by atoms with van der Waals surface area (Å²) in [4.78, 5) is 0. The molecule has 0 radical (unpaired) electrons. The second kappa shape index (κ2) is 5.35. The Morgan fingerprint density at radius 3 is 2.32 bits per heavy atom. The van der Waals surface area contributed by atoms with E-state index in [2.05, 4.69) is 55.5 Å². The minimum absolute atomic E-state index is 0.130. The zero-order chi connectivity index (χ0) is 14.0. The smallest absolute Gasteiger partial charge is 0.0819 e. The van der Waals surface area contributed by atoms with E-state index in [-0.39, 0.29) is 5.54 Å². The first-order valence-corrected chi connectivity index (χ1v) is 6.79. The molecule has 0 saturated heterocycles. The SMILES string of the molecule is Cc1nn(-c2ccc(CNC(C)(C)C)cc2)cc1Cl. The van der Waals surface area contributed by atoms with Gasteiger partial charge in [-0.15, -0.1) is 0 Å². The van der Waals surface area contributed by atoms with Gasteiger partial charge in [0.15, 0.2) is 0 Å². The summed E-state index contributed by atoms with van der Waals surface area (Å²) in [6.07, 6.45) is 1.83. The summed E-state index contributed by atoms with van der Waals surface area (Å²) < 4.78 is 1.80. The molecule has 0 bridgehead atoms. The monoisotopic (exact) mass is 277 g/mol. The summed E-state index contributed by atoms with van der Waals surface area (Å²) in [6.45, 7) is 9.25. The predicted molar refractivity (Wildman–Crippen MR) is 79.9 cm³/mol. The van der Waals surface area contributed by atoms with Crippen molar-refractivity contribution in [3.05, 3.63) is 46.7 Å². The molecule has 0 amide bonds. The van der Waals surface area contributed by atoms with Gasteiger partial charge in [-0.2, -0.15) is 5.10 Å². The number of rotatable bonds is 3. The molecule has 1 heterocycles. The minimum atomic E-state index is 0.130. The summed E-state index contributed by atoms with van der Waals surface area (Å²) >= 11 is 6.02. The fourth-order valence-corrected chi connectivity index (χ4v) is 1.84. The number of aryl methyl sites for hydroxylation is 1. The van der Waals surface area contributed by atoms with Crippen LogP contribution in [0, 0.1) is 6.92 Å². The highest BCUT2D eigenvalue weighted by molar-refractivity contribution is 6.31. The van der Waals surface area contributed by atoms with Crippen LogP contribution in [0.2, 0.25) is 5.02 Å². The van der Waals surface area contributed by atoms with Gasteiger partial charge in [-0.05, 0) is 45.4 Å². The van der Waals surface area contributed by atoms with Gasteiger partial charge >= 0.3 is 0 Å². The topological polar surface area (TPSA) is 29.9 Å². The van der Waals surface area contributed by atoms with Crippen molar-refractivity contribution in [1.29, 1.82) is 0 Å². The maximum Gasteiger partial charge on any atom is 0.0819 e. The first-order chi connectivity index (χ1) is 8.85. The van der Waals surface area contributed by atoms with Crippen LogP contribution in [0.4, 0.5) is 0 Å². The van der Waals surface area contributed by atoms with Crippen molar-refractivity contribution in [2.75, 3.05) is 0 Å². The molecule has 2 rings (SSSR count). The Balaban J connectivity index is 2.10. The number of aromatic nitrogens is 2. The minimum Gasteiger partial charge on any atom is -0.308 e. The van der Waals surface area contributed by atoms with Crippen LogP contribution in [-0.2, 0) is 6.54 Å². The molecule has 0 aliphatic carbocycles. The van der Waals surface area contributed by atoms with E-state index in [1.54, 1.807) is 4.68 Å². The van der Waals surface area contributed by atoms with Gasteiger partial charge in [0, 0.05) is 18.3 Å². The van der Waals surface area contributed by atoms with Crippen molar-refractivity contribution in [3.8, 4) is 5.69 Å². The van der Waals surface area contributed by atoms with Crippen molar-refractivity contribution in [1.82, 2.24) is 15.1 Å². The molecule has 0 unspecified atom stereocenters. The zero-order valence-electron chi connectivity index (χ0n) is 11.9. The lowest BCUT2D eigenvalue weighted by atomic mass is 10.1. The molecule has 0 aliphatic heterocycles. The largest absolute Gasteiger partial charge is 0.308 e. The third-order valence-electron chi connectivity index (χ3n) is 2.86. The number of nitrogens with zero attached hydrogens (tertiary/aromatic N) is 2. The van der Waals surface area contributed by atoms with Crippen LogP contribution in [0.15, 0.2) is 30.5 Å². The first-order valence-electron chi connectivity index (χ1n) is 6.41. The van der Waals surface area contributed by atoms with Crippen molar-refractivity contribution in [3.63, 3.8) is 0 Å². The van der Waals surface area contributed by atoms with Gasteiger partial charge in [0.05, 0.1) is 16.4 Å². The highest BCUT2D eigenvalue weighted by Crippen LogP contribution is 2.17. The second-order valence-corrected chi connectivity index (χ2v) is 6.18. The van der Waals surface area contributed by atoms with E-state index in [9.17, 15) is 0 Å². The van der Waals surface area contributed by atoms with E-state index in [4.69, 9.17) is 11.6 Å². The van der Waals surface area contributed by atoms with Gasteiger partial charge in [-0.25, -0.2) is 4.68 Å². The Morgan fingerprint density at radius 2 is 1.84 bits per heavy atom. The molecule has 19 heavy (non-hydrogen) atoms. The quantitative estimate of drug-likeness (QED) is 0.927. The summed E-state index contributed by atoms with van der Waals surface area (Å²) in [7, 11) is 0. The molecule has 102 valence electrons. The number of benzene rings is 1. The molecule has 4 heteroatoms. The molecule has 1 aromatic heterocycles. The van der Waals surface area contributed by atoms with E-state index in [1.165, 1.54) is 5.56 Å². The third-order valence-corrected chi connectivity index (χ3v) is 3.23. The fraction of sp³-hybridized carbons (Fsp3) is 0.400. The summed E-state index contributed by atoms with van der Waals surface area (Å²) in [5, 5.41) is 8.52. The second-order valence-electron chi connectivity index (χ2n) is 5.78. The van der Waals surface area contributed by atoms with Crippen LogP contribution < -0.4 is 5.32 Å². The molecular formula is C15H20ClN3. The summed E-state index contributed by atoms with van der Waals surface area (Å²) in [6, 6.07) is 8.34. The lowest BCUT2D eigenvalue weighted by Crippen LogP contribution is -2.35. The fourth-order valence-electron chi connectivity index (χ4n) is 1.71.